The Morgan fingerprint density at radius 1 is 1.11 bits per heavy atom. The van der Waals surface area contributed by atoms with E-state index in [9.17, 15) is 24.5 Å². The van der Waals surface area contributed by atoms with E-state index >= 15 is 0 Å². The molecule has 0 fully saturated rings. The zero-order valence-electron chi connectivity index (χ0n) is 20.7. The normalized spacial score (nSPS) is 12.7. The molecule has 2 aromatic carbocycles. The maximum atomic E-state index is 12.9. The molecule has 0 bridgehead atoms. The summed E-state index contributed by atoms with van der Waals surface area (Å²) < 4.78 is 11.7. The average molecular weight is 520 g/mol. The number of nitrogens with one attached hydrogen (secondary N) is 2. The molecule has 2 aromatic rings. The first kappa shape index (κ1) is 29.1. The molecule has 2 N–H and O–H groups in total. The molecule has 1 unspecified atom stereocenters. The van der Waals surface area contributed by atoms with Crippen molar-refractivity contribution in [1.82, 2.24) is 10.6 Å². The van der Waals surface area contributed by atoms with Gasteiger partial charge in [0, 0.05) is 48.4 Å². The molecule has 0 radical (unpaired) electrons. The Morgan fingerprint density at radius 3 is 2.53 bits per heavy atom. The molecule has 1 amide bonds. The molecule has 0 aliphatic rings. The third-order valence-corrected chi connectivity index (χ3v) is 6.03. The van der Waals surface area contributed by atoms with E-state index in [-0.39, 0.29) is 42.9 Å². The monoisotopic (exact) mass is 519 g/mol. The standard InChI is InChI=1S/C25H33N3O7S/c1-17(2)26-14-20(15-34-23-11-6-9-19-8-4-5-10-21(19)23)35-25(31)22(27-18(3)29)16-36-24(30)12-7-13-28(32)33/h4-6,8-11,17,20,22,26H,7,12-16H2,1-3H3,(H,27,29)/t20?,22-/m0/s1. The molecule has 0 heterocycles. The number of esters is 1. The number of hydrogen-bond donors (Lipinski definition) is 2. The number of fused-ring (bicyclic) bond motifs is 1. The minimum absolute atomic E-state index is 0.00723. The number of nitrogens with zero attached hydrogens (tertiary/aromatic N) is 1. The van der Waals surface area contributed by atoms with Crippen molar-refractivity contribution in [2.24, 2.45) is 0 Å². The lowest BCUT2D eigenvalue weighted by atomic mass is 10.1. The molecule has 2 rings (SSSR count). The van der Waals surface area contributed by atoms with Gasteiger partial charge in [0.25, 0.3) is 0 Å². The Morgan fingerprint density at radius 2 is 1.83 bits per heavy atom. The van der Waals surface area contributed by atoms with Gasteiger partial charge in [-0.3, -0.25) is 19.7 Å². The molecule has 0 spiro atoms. The highest BCUT2D eigenvalue weighted by molar-refractivity contribution is 8.13. The van der Waals surface area contributed by atoms with Crippen molar-refractivity contribution in [3.63, 3.8) is 0 Å². The number of rotatable bonds is 15. The fourth-order valence-corrected chi connectivity index (χ4v) is 4.13. The second-order valence-electron chi connectivity index (χ2n) is 8.51. The average Bonchev–Trinajstić information content (AvgIpc) is 2.82. The van der Waals surface area contributed by atoms with Gasteiger partial charge in [0.05, 0.1) is 0 Å². The van der Waals surface area contributed by atoms with Crippen molar-refractivity contribution in [2.75, 3.05) is 25.4 Å². The van der Waals surface area contributed by atoms with Crippen LogP contribution in [-0.4, -0.2) is 65.6 Å². The fraction of sp³-hybridized carbons (Fsp3) is 0.480. The van der Waals surface area contributed by atoms with Gasteiger partial charge in [0.15, 0.2) is 5.12 Å². The number of thioether (sulfide) groups is 1. The lowest BCUT2D eigenvalue weighted by molar-refractivity contribution is -0.480. The molecule has 10 nitrogen and oxygen atoms in total. The Hall–Kier alpha value is -3.18. The van der Waals surface area contributed by atoms with Gasteiger partial charge in [-0.25, -0.2) is 4.79 Å². The SMILES string of the molecule is CC(=O)N[C@@H](CSC(=O)CCC[N+](=O)[O-])C(=O)OC(CNC(C)C)COc1cccc2ccccc12. The number of carbonyl (C=O) groups excluding carboxylic acids is 3. The van der Waals surface area contributed by atoms with Gasteiger partial charge < -0.3 is 20.1 Å². The van der Waals surface area contributed by atoms with Crippen molar-refractivity contribution in [2.45, 2.75) is 51.8 Å². The number of hydrogen-bond acceptors (Lipinski definition) is 9. The fourth-order valence-electron chi connectivity index (χ4n) is 3.27. The molecule has 0 aliphatic carbocycles. The summed E-state index contributed by atoms with van der Waals surface area (Å²) >= 11 is 0.840. The van der Waals surface area contributed by atoms with Crippen molar-refractivity contribution >= 4 is 39.5 Å². The number of carbonyl (C=O) groups is 3. The Balaban J connectivity index is 2.03. The van der Waals surface area contributed by atoms with Crippen molar-refractivity contribution < 1.29 is 28.8 Å². The zero-order chi connectivity index (χ0) is 26.5. The molecular weight excluding hydrogens is 486 g/mol. The molecule has 2 atom stereocenters. The van der Waals surface area contributed by atoms with Gasteiger partial charge in [-0.15, -0.1) is 0 Å². The molecule has 196 valence electrons. The highest BCUT2D eigenvalue weighted by Gasteiger charge is 2.26. The molecule has 11 heteroatoms. The predicted molar refractivity (Wildman–Crippen MR) is 139 cm³/mol. The highest BCUT2D eigenvalue weighted by atomic mass is 32.2. The van der Waals surface area contributed by atoms with Gasteiger partial charge in [-0.05, 0) is 11.5 Å². The Bertz CT molecular complexity index is 1040. The molecule has 0 aromatic heterocycles. The highest BCUT2D eigenvalue weighted by Crippen LogP contribution is 2.25. The van der Waals surface area contributed by atoms with Crippen LogP contribution in [0.15, 0.2) is 42.5 Å². The van der Waals surface area contributed by atoms with Crippen LogP contribution in [0, 0.1) is 10.1 Å². The van der Waals surface area contributed by atoms with Crippen LogP contribution in [0.3, 0.4) is 0 Å². The van der Waals surface area contributed by atoms with Crippen LogP contribution >= 0.6 is 11.8 Å². The van der Waals surface area contributed by atoms with Gasteiger partial charge in [0.2, 0.25) is 12.5 Å². The minimum Gasteiger partial charge on any atom is -0.489 e. The van der Waals surface area contributed by atoms with Crippen LogP contribution in [0.2, 0.25) is 0 Å². The maximum absolute atomic E-state index is 12.9. The van der Waals surface area contributed by atoms with Crippen molar-refractivity contribution in [1.29, 1.82) is 0 Å². The van der Waals surface area contributed by atoms with Crippen LogP contribution in [0.25, 0.3) is 10.8 Å². The summed E-state index contributed by atoms with van der Waals surface area (Å²) in [4.78, 5) is 46.6. The summed E-state index contributed by atoms with van der Waals surface area (Å²) in [6.07, 6.45) is -0.536. The predicted octanol–water partition coefficient (Wildman–Crippen LogP) is 2.95. The first-order chi connectivity index (χ1) is 17.2. The molecule has 0 aliphatic heterocycles. The maximum Gasteiger partial charge on any atom is 0.329 e. The molecular formula is C25H33N3O7S. The van der Waals surface area contributed by atoms with E-state index in [4.69, 9.17) is 9.47 Å². The van der Waals surface area contributed by atoms with Crippen molar-refractivity contribution in [3.8, 4) is 5.75 Å². The van der Waals surface area contributed by atoms with E-state index in [2.05, 4.69) is 10.6 Å². The molecule has 36 heavy (non-hydrogen) atoms. The number of ether oxygens (including phenoxy) is 2. The number of benzene rings is 2. The Kier molecular flexibility index (Phi) is 12.1. The third kappa shape index (κ3) is 10.6. The smallest absolute Gasteiger partial charge is 0.329 e. The lowest BCUT2D eigenvalue weighted by Gasteiger charge is -2.24. The summed E-state index contributed by atoms with van der Waals surface area (Å²) in [5, 5.41) is 17.8. The number of amides is 1. The summed E-state index contributed by atoms with van der Waals surface area (Å²) in [6.45, 7) is 5.31. The van der Waals surface area contributed by atoms with Gasteiger partial charge in [-0.2, -0.15) is 0 Å². The summed E-state index contributed by atoms with van der Waals surface area (Å²) in [6, 6.07) is 12.6. The summed E-state index contributed by atoms with van der Waals surface area (Å²) in [7, 11) is 0. The van der Waals surface area contributed by atoms with E-state index in [0.717, 1.165) is 22.5 Å². The van der Waals surface area contributed by atoms with E-state index in [1.165, 1.54) is 6.92 Å². The summed E-state index contributed by atoms with van der Waals surface area (Å²) in [5.74, 6) is -0.507. The van der Waals surface area contributed by atoms with Crippen LogP contribution in [0.1, 0.15) is 33.6 Å². The van der Waals surface area contributed by atoms with Crippen LogP contribution < -0.4 is 15.4 Å². The quantitative estimate of drug-likeness (QED) is 0.207. The second kappa shape index (κ2) is 15.0. The van der Waals surface area contributed by atoms with Crippen LogP contribution in [0.4, 0.5) is 0 Å². The zero-order valence-corrected chi connectivity index (χ0v) is 21.5. The summed E-state index contributed by atoms with van der Waals surface area (Å²) in [5.41, 5.74) is 0. The topological polar surface area (TPSA) is 137 Å². The lowest BCUT2D eigenvalue weighted by Crippen LogP contribution is -2.46. The first-order valence-corrected chi connectivity index (χ1v) is 12.7. The second-order valence-corrected chi connectivity index (χ2v) is 9.58. The van der Waals surface area contributed by atoms with Crippen molar-refractivity contribution in [3.05, 3.63) is 52.6 Å². The first-order valence-electron chi connectivity index (χ1n) is 11.7. The van der Waals surface area contributed by atoms with Gasteiger partial charge >= 0.3 is 5.97 Å². The minimum atomic E-state index is -1.05. The molecule has 0 saturated heterocycles. The largest absolute Gasteiger partial charge is 0.489 e. The van der Waals surface area contributed by atoms with Gasteiger partial charge in [-0.1, -0.05) is 62.0 Å². The number of nitro groups is 1. The van der Waals surface area contributed by atoms with E-state index in [0.29, 0.717) is 12.3 Å². The third-order valence-electron chi connectivity index (χ3n) is 5.01. The Labute approximate surface area is 214 Å². The van der Waals surface area contributed by atoms with Gasteiger partial charge in [0.1, 0.15) is 24.5 Å². The van der Waals surface area contributed by atoms with E-state index in [1.807, 2.05) is 56.3 Å². The molecule has 0 saturated carbocycles. The van der Waals surface area contributed by atoms with Crippen LogP contribution in [0.5, 0.6) is 5.75 Å². The van der Waals surface area contributed by atoms with E-state index in [1.54, 1.807) is 0 Å². The van der Waals surface area contributed by atoms with E-state index < -0.39 is 28.9 Å². The van der Waals surface area contributed by atoms with Crippen LogP contribution in [-0.2, 0) is 19.1 Å².